The third-order valence-corrected chi connectivity index (χ3v) is 6.62. The van der Waals surface area contributed by atoms with E-state index in [0.29, 0.717) is 11.3 Å². The van der Waals surface area contributed by atoms with Gasteiger partial charge in [-0.3, -0.25) is 9.20 Å². The Bertz CT molecular complexity index is 367. The maximum Gasteiger partial charge on any atom is 0.191 e. The molecule has 0 radical (unpaired) electrons. The molecule has 3 unspecified atom stereocenters. The van der Waals surface area contributed by atoms with Crippen molar-refractivity contribution in [2.24, 2.45) is 10.9 Å². The SMILES string of the molecule is CCS(=O)C1CCCC(NC(=NC)NCC2CCCC2)C1. The lowest BCUT2D eigenvalue weighted by Gasteiger charge is -2.30. The van der Waals surface area contributed by atoms with E-state index in [-0.39, 0.29) is 0 Å². The van der Waals surface area contributed by atoms with Crippen LogP contribution >= 0.6 is 0 Å². The summed E-state index contributed by atoms with van der Waals surface area (Å²) < 4.78 is 12.0. The van der Waals surface area contributed by atoms with E-state index in [4.69, 9.17) is 0 Å². The van der Waals surface area contributed by atoms with Crippen molar-refractivity contribution in [1.82, 2.24) is 10.6 Å². The minimum atomic E-state index is -0.657. The second-order valence-electron chi connectivity index (χ2n) is 6.40. The first-order valence-electron chi connectivity index (χ1n) is 8.57. The van der Waals surface area contributed by atoms with Crippen molar-refractivity contribution in [3.8, 4) is 0 Å². The van der Waals surface area contributed by atoms with Crippen molar-refractivity contribution >= 4 is 16.8 Å². The quantitative estimate of drug-likeness (QED) is 0.605. The predicted octanol–water partition coefficient (Wildman–Crippen LogP) is 2.42. The first-order valence-corrected chi connectivity index (χ1v) is 9.95. The molecule has 2 rings (SSSR count). The van der Waals surface area contributed by atoms with Crippen LogP contribution in [-0.4, -0.2) is 40.8 Å². The Morgan fingerprint density at radius 2 is 1.95 bits per heavy atom. The first-order chi connectivity index (χ1) is 10.2. The highest BCUT2D eigenvalue weighted by atomic mass is 32.2. The number of hydrogen-bond donors (Lipinski definition) is 2. The highest BCUT2D eigenvalue weighted by Gasteiger charge is 2.26. The van der Waals surface area contributed by atoms with E-state index >= 15 is 0 Å². The molecule has 0 bridgehead atoms. The molecule has 2 saturated carbocycles. The molecule has 21 heavy (non-hydrogen) atoms. The molecule has 122 valence electrons. The van der Waals surface area contributed by atoms with Gasteiger partial charge in [-0.2, -0.15) is 0 Å². The fourth-order valence-corrected chi connectivity index (χ4v) is 4.94. The van der Waals surface area contributed by atoms with Gasteiger partial charge in [0, 0.05) is 41.4 Å². The van der Waals surface area contributed by atoms with Crippen LogP contribution in [0.1, 0.15) is 58.3 Å². The molecule has 0 saturated heterocycles. The molecule has 2 N–H and O–H groups in total. The molecule has 0 aliphatic heterocycles. The first kappa shape index (κ1) is 16.8. The molecule has 5 heteroatoms. The van der Waals surface area contributed by atoms with E-state index in [1.807, 2.05) is 14.0 Å². The van der Waals surface area contributed by atoms with Crippen LogP contribution in [0.4, 0.5) is 0 Å². The highest BCUT2D eigenvalue weighted by molar-refractivity contribution is 7.85. The number of hydrogen-bond acceptors (Lipinski definition) is 2. The Hall–Kier alpha value is -0.580. The molecule has 0 aromatic carbocycles. The normalized spacial score (nSPS) is 29.3. The maximum atomic E-state index is 12.0. The smallest absolute Gasteiger partial charge is 0.191 e. The zero-order valence-electron chi connectivity index (χ0n) is 13.6. The Morgan fingerprint density at radius 1 is 1.19 bits per heavy atom. The van der Waals surface area contributed by atoms with Crippen LogP contribution in [0.25, 0.3) is 0 Å². The summed E-state index contributed by atoms with van der Waals surface area (Å²) in [7, 11) is 1.18. The second kappa shape index (κ2) is 8.76. The fourth-order valence-electron chi connectivity index (χ4n) is 3.59. The zero-order valence-corrected chi connectivity index (χ0v) is 14.4. The van der Waals surface area contributed by atoms with Gasteiger partial charge in [-0.15, -0.1) is 0 Å². The van der Waals surface area contributed by atoms with Crippen LogP contribution in [0.2, 0.25) is 0 Å². The second-order valence-corrected chi connectivity index (χ2v) is 8.41. The lowest BCUT2D eigenvalue weighted by atomic mass is 9.95. The van der Waals surface area contributed by atoms with Crippen molar-refractivity contribution in [2.45, 2.75) is 69.6 Å². The summed E-state index contributed by atoms with van der Waals surface area (Å²) in [5, 5.41) is 7.39. The standard InChI is InChI=1S/C16H31N3OS/c1-3-21(20)15-10-6-9-14(11-15)19-16(17-2)18-12-13-7-4-5-8-13/h13-15H,3-12H2,1-2H3,(H2,17,18,19). The molecule has 0 aromatic rings. The Labute approximate surface area is 132 Å². The Morgan fingerprint density at radius 3 is 2.62 bits per heavy atom. The van der Waals surface area contributed by atoms with E-state index in [1.165, 1.54) is 38.5 Å². The number of aliphatic imine (C=N–C) groups is 1. The number of nitrogens with one attached hydrogen (secondary N) is 2. The van der Waals surface area contributed by atoms with Gasteiger partial charge in [0.15, 0.2) is 5.96 Å². The lowest BCUT2D eigenvalue weighted by Crippen LogP contribution is -2.47. The molecule has 2 fully saturated rings. The fraction of sp³-hybridized carbons (Fsp3) is 0.938. The number of guanidine groups is 1. The highest BCUT2D eigenvalue weighted by Crippen LogP contribution is 2.24. The van der Waals surface area contributed by atoms with Gasteiger partial charge in [-0.25, -0.2) is 0 Å². The van der Waals surface area contributed by atoms with E-state index in [0.717, 1.165) is 37.0 Å². The summed E-state index contributed by atoms with van der Waals surface area (Å²) in [4.78, 5) is 4.35. The van der Waals surface area contributed by atoms with Gasteiger partial charge < -0.3 is 10.6 Å². The topological polar surface area (TPSA) is 53.5 Å². The third kappa shape index (κ3) is 5.28. The molecule has 0 aromatic heterocycles. The lowest BCUT2D eigenvalue weighted by molar-refractivity contribution is 0.411. The van der Waals surface area contributed by atoms with Crippen LogP contribution in [0.15, 0.2) is 4.99 Å². The van der Waals surface area contributed by atoms with Crippen molar-refractivity contribution in [3.05, 3.63) is 0 Å². The number of nitrogens with zero attached hydrogens (tertiary/aromatic N) is 1. The van der Waals surface area contributed by atoms with Gasteiger partial charge in [-0.1, -0.05) is 26.2 Å². The molecule has 2 aliphatic carbocycles. The van der Waals surface area contributed by atoms with Crippen LogP contribution in [-0.2, 0) is 10.8 Å². The average molecular weight is 314 g/mol. The van der Waals surface area contributed by atoms with Crippen LogP contribution in [0.5, 0.6) is 0 Å². The molecule has 0 heterocycles. The summed E-state index contributed by atoms with van der Waals surface area (Å²) in [5.74, 6) is 2.52. The molecule has 0 amide bonds. The zero-order chi connectivity index (χ0) is 15.1. The summed E-state index contributed by atoms with van der Waals surface area (Å²) in [5.41, 5.74) is 0. The average Bonchev–Trinajstić information content (AvgIpc) is 3.04. The van der Waals surface area contributed by atoms with Crippen molar-refractivity contribution < 1.29 is 4.21 Å². The summed E-state index contributed by atoms with van der Waals surface area (Å²) in [6.07, 6.45) is 9.94. The molecular weight excluding hydrogens is 282 g/mol. The van der Waals surface area contributed by atoms with E-state index in [9.17, 15) is 4.21 Å². The predicted molar refractivity (Wildman–Crippen MR) is 91.2 cm³/mol. The van der Waals surface area contributed by atoms with Crippen LogP contribution in [0, 0.1) is 5.92 Å². The maximum absolute atomic E-state index is 12.0. The molecule has 0 spiro atoms. The Kier molecular flexibility index (Phi) is 7.00. The van der Waals surface area contributed by atoms with E-state index < -0.39 is 10.8 Å². The number of rotatable bonds is 5. The van der Waals surface area contributed by atoms with E-state index in [2.05, 4.69) is 15.6 Å². The molecule has 2 aliphatic rings. The van der Waals surface area contributed by atoms with Crippen molar-refractivity contribution in [2.75, 3.05) is 19.3 Å². The van der Waals surface area contributed by atoms with Gasteiger partial charge in [-0.05, 0) is 38.0 Å². The minimum absolute atomic E-state index is 0.370. The largest absolute Gasteiger partial charge is 0.356 e. The summed E-state index contributed by atoms with van der Waals surface area (Å²) in [6.45, 7) is 3.06. The monoisotopic (exact) mass is 313 g/mol. The van der Waals surface area contributed by atoms with Gasteiger partial charge in [0.05, 0.1) is 0 Å². The molecule has 3 atom stereocenters. The summed E-state index contributed by atoms with van der Waals surface area (Å²) >= 11 is 0. The van der Waals surface area contributed by atoms with Crippen molar-refractivity contribution in [1.29, 1.82) is 0 Å². The van der Waals surface area contributed by atoms with Crippen molar-refractivity contribution in [3.63, 3.8) is 0 Å². The summed E-state index contributed by atoms with van der Waals surface area (Å²) in [6, 6.07) is 0.425. The minimum Gasteiger partial charge on any atom is -0.356 e. The Balaban J connectivity index is 1.76. The van der Waals surface area contributed by atoms with Crippen LogP contribution < -0.4 is 10.6 Å². The van der Waals surface area contributed by atoms with Crippen LogP contribution in [0.3, 0.4) is 0 Å². The molecular formula is C16H31N3OS. The van der Waals surface area contributed by atoms with Gasteiger partial charge in [0.25, 0.3) is 0 Å². The third-order valence-electron chi connectivity index (χ3n) is 4.88. The van der Waals surface area contributed by atoms with Gasteiger partial charge >= 0.3 is 0 Å². The molecule has 4 nitrogen and oxygen atoms in total. The van der Waals surface area contributed by atoms with Gasteiger partial charge in [0.1, 0.15) is 0 Å². The van der Waals surface area contributed by atoms with Gasteiger partial charge in [0.2, 0.25) is 0 Å². The van der Waals surface area contributed by atoms with E-state index in [1.54, 1.807) is 0 Å².